The summed E-state index contributed by atoms with van der Waals surface area (Å²) in [5.74, 6) is 0.852. The third-order valence-electron chi connectivity index (χ3n) is 4.60. The Morgan fingerprint density at radius 1 is 1.50 bits per heavy atom. The van der Waals surface area contributed by atoms with Gasteiger partial charge in [0.1, 0.15) is 0 Å². The van der Waals surface area contributed by atoms with Crippen molar-refractivity contribution in [3.63, 3.8) is 0 Å². The molecule has 1 aliphatic carbocycles. The summed E-state index contributed by atoms with van der Waals surface area (Å²) in [6, 6.07) is 0.186. The van der Waals surface area contributed by atoms with E-state index in [2.05, 4.69) is 30.9 Å². The second-order valence-electron chi connectivity index (χ2n) is 5.92. The van der Waals surface area contributed by atoms with Crippen LogP contribution in [0.25, 0.3) is 0 Å². The van der Waals surface area contributed by atoms with E-state index in [0.717, 1.165) is 12.3 Å². The van der Waals surface area contributed by atoms with Gasteiger partial charge in [0.15, 0.2) is 0 Å². The molecule has 4 heteroatoms. The Morgan fingerprint density at radius 3 is 2.67 bits per heavy atom. The molecule has 0 bridgehead atoms. The van der Waals surface area contributed by atoms with Crippen LogP contribution in [0.3, 0.4) is 0 Å². The van der Waals surface area contributed by atoms with Crippen LogP contribution in [0.4, 0.5) is 0 Å². The zero-order valence-electron chi connectivity index (χ0n) is 11.7. The van der Waals surface area contributed by atoms with Gasteiger partial charge in [0, 0.05) is 29.6 Å². The molecule has 0 spiro atoms. The van der Waals surface area contributed by atoms with Gasteiger partial charge in [-0.15, -0.1) is 11.3 Å². The lowest BCUT2D eigenvalue weighted by Gasteiger charge is -2.48. The number of aromatic nitrogens is 1. The molecule has 1 heterocycles. The summed E-state index contributed by atoms with van der Waals surface area (Å²) < 4.78 is 0. The summed E-state index contributed by atoms with van der Waals surface area (Å²) in [6.07, 6.45) is 7.80. The SMILES string of the molecule is CC1CCC(C(N)Cc2nccs2)(N(C)C)CC1. The molecule has 1 aromatic heterocycles. The van der Waals surface area contributed by atoms with Gasteiger partial charge in [-0.3, -0.25) is 0 Å². The molecule has 1 fully saturated rings. The predicted molar refractivity (Wildman–Crippen MR) is 77.8 cm³/mol. The van der Waals surface area contributed by atoms with Gasteiger partial charge in [0.05, 0.1) is 5.01 Å². The molecule has 2 rings (SSSR count). The number of nitrogens with zero attached hydrogens (tertiary/aromatic N) is 2. The highest BCUT2D eigenvalue weighted by atomic mass is 32.1. The van der Waals surface area contributed by atoms with Crippen molar-refractivity contribution in [2.45, 2.75) is 50.6 Å². The van der Waals surface area contributed by atoms with Crippen LogP contribution in [0.1, 0.15) is 37.6 Å². The first kappa shape index (κ1) is 14.0. The van der Waals surface area contributed by atoms with Crippen molar-refractivity contribution >= 4 is 11.3 Å². The van der Waals surface area contributed by atoms with E-state index in [9.17, 15) is 0 Å². The zero-order chi connectivity index (χ0) is 13.2. The molecule has 2 N–H and O–H groups in total. The summed E-state index contributed by atoms with van der Waals surface area (Å²) in [4.78, 5) is 6.73. The van der Waals surface area contributed by atoms with Crippen LogP contribution in [-0.4, -0.2) is 35.6 Å². The van der Waals surface area contributed by atoms with Crippen LogP contribution < -0.4 is 5.73 Å². The van der Waals surface area contributed by atoms with Gasteiger partial charge in [0.2, 0.25) is 0 Å². The van der Waals surface area contributed by atoms with Gasteiger partial charge in [0.25, 0.3) is 0 Å². The van der Waals surface area contributed by atoms with Crippen LogP contribution in [0.5, 0.6) is 0 Å². The van der Waals surface area contributed by atoms with Crippen molar-refractivity contribution in [2.75, 3.05) is 14.1 Å². The van der Waals surface area contributed by atoms with E-state index < -0.39 is 0 Å². The van der Waals surface area contributed by atoms with Gasteiger partial charge < -0.3 is 10.6 Å². The molecule has 3 nitrogen and oxygen atoms in total. The zero-order valence-corrected chi connectivity index (χ0v) is 12.5. The van der Waals surface area contributed by atoms with Crippen molar-refractivity contribution in [2.24, 2.45) is 11.7 Å². The molecule has 1 aliphatic rings. The molecule has 1 atom stereocenters. The summed E-state index contributed by atoms with van der Waals surface area (Å²) in [5.41, 5.74) is 6.71. The Kier molecular flexibility index (Phi) is 4.41. The van der Waals surface area contributed by atoms with E-state index in [1.54, 1.807) is 11.3 Å². The maximum Gasteiger partial charge on any atom is 0.0940 e. The van der Waals surface area contributed by atoms with Gasteiger partial charge >= 0.3 is 0 Å². The van der Waals surface area contributed by atoms with Crippen LogP contribution in [0.2, 0.25) is 0 Å². The largest absolute Gasteiger partial charge is 0.326 e. The number of thiazole rings is 1. The Balaban J connectivity index is 2.09. The third-order valence-corrected chi connectivity index (χ3v) is 5.40. The van der Waals surface area contributed by atoms with Crippen molar-refractivity contribution in [1.29, 1.82) is 0 Å². The monoisotopic (exact) mass is 267 g/mol. The van der Waals surface area contributed by atoms with Crippen LogP contribution in [-0.2, 0) is 6.42 Å². The van der Waals surface area contributed by atoms with Gasteiger partial charge in [-0.25, -0.2) is 4.98 Å². The first-order chi connectivity index (χ1) is 8.54. The van der Waals surface area contributed by atoms with Gasteiger partial charge in [-0.1, -0.05) is 6.92 Å². The highest BCUT2D eigenvalue weighted by molar-refractivity contribution is 7.09. The molecular weight excluding hydrogens is 242 g/mol. The minimum absolute atomic E-state index is 0.165. The Bertz CT molecular complexity index is 353. The average Bonchev–Trinajstić information content (AvgIpc) is 2.82. The number of rotatable bonds is 4. The lowest BCUT2D eigenvalue weighted by atomic mass is 9.71. The summed E-state index contributed by atoms with van der Waals surface area (Å²) in [6.45, 7) is 2.35. The summed E-state index contributed by atoms with van der Waals surface area (Å²) >= 11 is 1.72. The quantitative estimate of drug-likeness (QED) is 0.911. The molecule has 0 saturated heterocycles. The van der Waals surface area contributed by atoms with Crippen LogP contribution in [0, 0.1) is 5.92 Å². The summed E-state index contributed by atoms with van der Waals surface area (Å²) in [5, 5.41) is 3.20. The fourth-order valence-corrected chi connectivity index (χ4v) is 3.82. The first-order valence-corrected chi connectivity index (χ1v) is 7.74. The molecule has 102 valence electrons. The lowest BCUT2D eigenvalue weighted by Crippen LogP contribution is -2.59. The van der Waals surface area contributed by atoms with E-state index in [1.165, 1.54) is 30.7 Å². The number of hydrogen-bond acceptors (Lipinski definition) is 4. The van der Waals surface area contributed by atoms with Crippen LogP contribution in [0.15, 0.2) is 11.6 Å². The maximum atomic E-state index is 6.55. The van der Waals surface area contributed by atoms with E-state index in [-0.39, 0.29) is 11.6 Å². The molecular formula is C14H25N3S. The highest BCUT2D eigenvalue weighted by Gasteiger charge is 2.41. The van der Waals surface area contributed by atoms with Crippen molar-refractivity contribution in [3.8, 4) is 0 Å². The molecule has 1 saturated carbocycles. The molecule has 0 aromatic carbocycles. The first-order valence-electron chi connectivity index (χ1n) is 6.86. The fourth-order valence-electron chi connectivity index (χ4n) is 3.14. The normalized spacial score (nSPS) is 30.6. The molecule has 0 radical (unpaired) electrons. The van der Waals surface area contributed by atoms with E-state index in [0.29, 0.717) is 0 Å². The van der Waals surface area contributed by atoms with E-state index in [1.807, 2.05) is 11.6 Å². The minimum atomic E-state index is 0.165. The average molecular weight is 267 g/mol. The standard InChI is InChI=1S/C14H25N3S/c1-11-4-6-14(7-5-11,17(2)3)12(15)10-13-16-8-9-18-13/h8-9,11-12H,4-7,10,15H2,1-3H3. The minimum Gasteiger partial charge on any atom is -0.326 e. The molecule has 1 unspecified atom stereocenters. The van der Waals surface area contributed by atoms with E-state index in [4.69, 9.17) is 5.73 Å². The fraction of sp³-hybridized carbons (Fsp3) is 0.786. The van der Waals surface area contributed by atoms with Crippen molar-refractivity contribution in [3.05, 3.63) is 16.6 Å². The van der Waals surface area contributed by atoms with Crippen LogP contribution >= 0.6 is 11.3 Å². The molecule has 18 heavy (non-hydrogen) atoms. The molecule has 1 aromatic rings. The second-order valence-corrected chi connectivity index (χ2v) is 6.90. The summed E-state index contributed by atoms with van der Waals surface area (Å²) in [7, 11) is 4.36. The van der Waals surface area contributed by atoms with Gasteiger partial charge in [-0.2, -0.15) is 0 Å². The van der Waals surface area contributed by atoms with Crippen molar-refractivity contribution in [1.82, 2.24) is 9.88 Å². The Labute approximate surface area is 114 Å². The third kappa shape index (κ3) is 2.76. The Morgan fingerprint density at radius 2 is 2.17 bits per heavy atom. The number of nitrogens with two attached hydrogens (primary N) is 1. The number of likely N-dealkylation sites (N-methyl/N-ethyl adjacent to an activating group) is 1. The predicted octanol–water partition coefficient (Wildman–Crippen LogP) is 2.52. The lowest BCUT2D eigenvalue weighted by molar-refractivity contribution is 0.0568. The Hall–Kier alpha value is -0.450. The second kappa shape index (κ2) is 5.68. The smallest absolute Gasteiger partial charge is 0.0940 e. The topological polar surface area (TPSA) is 42.1 Å². The van der Waals surface area contributed by atoms with Gasteiger partial charge in [-0.05, 0) is 45.7 Å². The maximum absolute atomic E-state index is 6.55. The number of hydrogen-bond donors (Lipinski definition) is 1. The molecule has 0 aliphatic heterocycles. The molecule has 0 amide bonds. The van der Waals surface area contributed by atoms with E-state index >= 15 is 0 Å². The van der Waals surface area contributed by atoms with Crippen molar-refractivity contribution < 1.29 is 0 Å². The highest BCUT2D eigenvalue weighted by Crippen LogP contribution is 2.38.